The zero-order chi connectivity index (χ0) is 16.0. The van der Waals surface area contributed by atoms with Crippen LogP contribution < -0.4 is 9.62 Å². The summed E-state index contributed by atoms with van der Waals surface area (Å²) in [4.78, 5) is 13.1. The maximum Gasteiger partial charge on any atom is 0.278 e. The van der Waals surface area contributed by atoms with Crippen LogP contribution in [0.2, 0.25) is 0 Å². The molecule has 8 heteroatoms. The van der Waals surface area contributed by atoms with Gasteiger partial charge in [0.2, 0.25) is 5.91 Å². The Balaban J connectivity index is 2.75. The number of nitriles is 1. The van der Waals surface area contributed by atoms with Crippen LogP contribution in [0.15, 0.2) is 24.3 Å². The molecule has 0 unspecified atom stereocenters. The van der Waals surface area contributed by atoms with E-state index in [4.69, 9.17) is 5.26 Å². The van der Waals surface area contributed by atoms with Gasteiger partial charge in [0, 0.05) is 39.8 Å². The molecule has 0 radical (unpaired) electrons. The summed E-state index contributed by atoms with van der Waals surface area (Å²) in [5, 5.41) is 8.75. The number of nitrogens with one attached hydrogen (secondary N) is 1. The van der Waals surface area contributed by atoms with Crippen LogP contribution in [-0.2, 0) is 15.0 Å². The summed E-state index contributed by atoms with van der Waals surface area (Å²) in [7, 11) is -0.665. The number of anilines is 1. The number of carbonyl (C=O) groups is 1. The van der Waals surface area contributed by atoms with Crippen molar-refractivity contribution in [3.63, 3.8) is 0 Å². The molecule has 7 nitrogen and oxygen atoms in total. The lowest BCUT2D eigenvalue weighted by atomic mass is 10.2. The third-order valence-electron chi connectivity index (χ3n) is 2.79. The molecule has 0 aliphatic heterocycles. The lowest BCUT2D eigenvalue weighted by Crippen LogP contribution is -2.41. The van der Waals surface area contributed by atoms with E-state index in [-0.39, 0.29) is 19.0 Å². The minimum atomic E-state index is -3.51. The summed E-state index contributed by atoms with van der Waals surface area (Å²) in [6, 6.07) is 8.52. The van der Waals surface area contributed by atoms with Gasteiger partial charge < -0.3 is 4.90 Å². The molecule has 1 rings (SSSR count). The number of nitrogens with zero attached hydrogens (tertiary/aromatic N) is 3. The molecule has 0 bridgehead atoms. The van der Waals surface area contributed by atoms with Gasteiger partial charge in [0.25, 0.3) is 10.2 Å². The minimum Gasteiger partial charge on any atom is -0.311 e. The smallest absolute Gasteiger partial charge is 0.278 e. The van der Waals surface area contributed by atoms with E-state index in [9.17, 15) is 13.2 Å². The Labute approximate surface area is 125 Å². The van der Waals surface area contributed by atoms with Crippen LogP contribution in [0.25, 0.3) is 0 Å². The van der Waals surface area contributed by atoms with E-state index in [0.29, 0.717) is 11.3 Å². The largest absolute Gasteiger partial charge is 0.311 e. The highest BCUT2D eigenvalue weighted by molar-refractivity contribution is 7.87. The molecule has 1 amide bonds. The molecule has 0 aliphatic rings. The van der Waals surface area contributed by atoms with Gasteiger partial charge in [0.05, 0.1) is 11.6 Å². The first-order valence-electron chi connectivity index (χ1n) is 6.23. The van der Waals surface area contributed by atoms with Crippen LogP contribution in [-0.4, -0.2) is 45.8 Å². The summed E-state index contributed by atoms with van der Waals surface area (Å²) in [5.74, 6) is -0.205. The Hall–Kier alpha value is -1.95. The second kappa shape index (κ2) is 7.17. The third-order valence-corrected chi connectivity index (χ3v) is 4.32. The van der Waals surface area contributed by atoms with Gasteiger partial charge in [-0.15, -0.1) is 0 Å². The summed E-state index contributed by atoms with van der Waals surface area (Å²) in [6.45, 7) is 1.70. The normalized spacial score (nSPS) is 11.2. The van der Waals surface area contributed by atoms with Gasteiger partial charge in [-0.2, -0.15) is 18.0 Å². The van der Waals surface area contributed by atoms with Crippen LogP contribution in [0.5, 0.6) is 0 Å². The number of benzene rings is 1. The van der Waals surface area contributed by atoms with Gasteiger partial charge >= 0.3 is 0 Å². The Bertz CT molecular complexity index is 632. The van der Waals surface area contributed by atoms with Crippen molar-refractivity contribution < 1.29 is 13.2 Å². The second-order valence-corrected chi connectivity index (χ2v) is 6.48. The number of hydrogen-bond donors (Lipinski definition) is 1. The van der Waals surface area contributed by atoms with Crippen molar-refractivity contribution in [1.29, 1.82) is 5.26 Å². The van der Waals surface area contributed by atoms with Gasteiger partial charge in [-0.1, -0.05) is 0 Å². The van der Waals surface area contributed by atoms with Gasteiger partial charge in [-0.3, -0.25) is 4.79 Å². The summed E-state index contributed by atoms with van der Waals surface area (Å²) < 4.78 is 26.6. The molecule has 114 valence electrons. The molecule has 0 aliphatic carbocycles. The molecule has 0 saturated carbocycles. The fourth-order valence-electron chi connectivity index (χ4n) is 1.60. The van der Waals surface area contributed by atoms with E-state index in [0.717, 1.165) is 4.31 Å². The first kappa shape index (κ1) is 17.1. The van der Waals surface area contributed by atoms with Crippen molar-refractivity contribution in [3.8, 4) is 6.07 Å². The molecular formula is C13H18N4O3S. The fourth-order valence-corrected chi connectivity index (χ4v) is 2.21. The monoisotopic (exact) mass is 310 g/mol. The van der Waals surface area contributed by atoms with Crippen molar-refractivity contribution in [2.75, 3.05) is 32.1 Å². The summed E-state index contributed by atoms with van der Waals surface area (Å²) >= 11 is 0. The molecule has 0 atom stereocenters. The standard InChI is InChI=1S/C13H18N4O3S/c1-11(18)17(9-8-15-21(19,20)16(2)3)13-6-4-12(10-14)5-7-13/h4-7,15H,8-9H2,1-3H3. The molecule has 0 aromatic heterocycles. The van der Waals surface area contributed by atoms with E-state index >= 15 is 0 Å². The van der Waals surface area contributed by atoms with Gasteiger partial charge in [0.15, 0.2) is 0 Å². The predicted octanol–water partition coefficient (Wildman–Crippen LogP) is 0.307. The highest BCUT2D eigenvalue weighted by Gasteiger charge is 2.15. The lowest BCUT2D eigenvalue weighted by molar-refractivity contribution is -0.116. The van der Waals surface area contributed by atoms with Gasteiger partial charge in [0.1, 0.15) is 0 Å². The van der Waals surface area contributed by atoms with E-state index in [1.807, 2.05) is 6.07 Å². The summed E-state index contributed by atoms with van der Waals surface area (Å²) in [6.07, 6.45) is 0. The Kier molecular flexibility index (Phi) is 5.84. The minimum absolute atomic E-state index is 0.0973. The van der Waals surface area contributed by atoms with E-state index in [1.54, 1.807) is 24.3 Å². The number of carbonyl (C=O) groups excluding carboxylic acids is 1. The van der Waals surface area contributed by atoms with Gasteiger partial charge in [-0.05, 0) is 24.3 Å². The Morgan fingerprint density at radius 1 is 1.29 bits per heavy atom. The molecule has 0 saturated heterocycles. The van der Waals surface area contributed by atoms with Crippen LogP contribution in [0, 0.1) is 11.3 Å². The zero-order valence-corrected chi connectivity index (χ0v) is 13.0. The van der Waals surface area contributed by atoms with Crippen LogP contribution >= 0.6 is 0 Å². The van der Waals surface area contributed by atoms with Gasteiger partial charge in [-0.25, -0.2) is 4.72 Å². The van der Waals surface area contributed by atoms with E-state index < -0.39 is 10.2 Å². The fraction of sp³-hybridized carbons (Fsp3) is 0.385. The van der Waals surface area contributed by atoms with Crippen LogP contribution in [0.3, 0.4) is 0 Å². The SMILES string of the molecule is CC(=O)N(CCNS(=O)(=O)N(C)C)c1ccc(C#N)cc1. The summed E-state index contributed by atoms with van der Waals surface area (Å²) in [5.41, 5.74) is 1.11. The second-order valence-electron chi connectivity index (χ2n) is 4.51. The van der Waals surface area contributed by atoms with Crippen LogP contribution in [0.4, 0.5) is 5.69 Å². The van der Waals surface area contributed by atoms with E-state index in [2.05, 4.69) is 4.72 Å². The molecule has 0 fully saturated rings. The maximum atomic E-state index is 11.7. The number of hydrogen-bond acceptors (Lipinski definition) is 4. The molecule has 1 N–H and O–H groups in total. The third kappa shape index (κ3) is 4.82. The number of rotatable bonds is 6. The van der Waals surface area contributed by atoms with Crippen molar-refractivity contribution in [1.82, 2.24) is 9.03 Å². The molecule has 21 heavy (non-hydrogen) atoms. The Morgan fingerprint density at radius 2 is 1.86 bits per heavy atom. The first-order chi connectivity index (χ1) is 9.77. The average Bonchev–Trinajstić information content (AvgIpc) is 2.43. The predicted molar refractivity (Wildman–Crippen MR) is 79.8 cm³/mol. The van der Waals surface area contributed by atoms with Crippen molar-refractivity contribution in [2.24, 2.45) is 0 Å². The molecule has 1 aromatic carbocycles. The highest BCUT2D eigenvalue weighted by Crippen LogP contribution is 2.15. The molecule has 0 heterocycles. The van der Waals surface area contributed by atoms with Crippen LogP contribution in [0.1, 0.15) is 12.5 Å². The topological polar surface area (TPSA) is 93.5 Å². The van der Waals surface area contributed by atoms with E-state index in [1.165, 1.54) is 25.9 Å². The molecular weight excluding hydrogens is 292 g/mol. The number of amides is 1. The molecule has 1 aromatic rings. The lowest BCUT2D eigenvalue weighted by Gasteiger charge is -2.22. The van der Waals surface area contributed by atoms with Crippen molar-refractivity contribution in [3.05, 3.63) is 29.8 Å². The quantitative estimate of drug-likeness (QED) is 0.818. The Morgan fingerprint density at radius 3 is 2.29 bits per heavy atom. The van der Waals surface area contributed by atoms with Crippen molar-refractivity contribution in [2.45, 2.75) is 6.92 Å². The highest BCUT2D eigenvalue weighted by atomic mass is 32.2. The van der Waals surface area contributed by atoms with Crippen molar-refractivity contribution >= 4 is 21.8 Å². The first-order valence-corrected chi connectivity index (χ1v) is 7.67. The zero-order valence-electron chi connectivity index (χ0n) is 12.2. The molecule has 0 spiro atoms. The maximum absolute atomic E-state index is 11.7. The average molecular weight is 310 g/mol.